The van der Waals surface area contributed by atoms with E-state index in [0.717, 1.165) is 7.11 Å². The molecule has 13 heavy (non-hydrogen) atoms. The molecule has 0 radical (unpaired) electrons. The minimum absolute atomic E-state index is 0.929. The van der Waals surface area contributed by atoms with Crippen LogP contribution in [0.3, 0.4) is 0 Å². The van der Waals surface area contributed by atoms with Gasteiger partial charge in [0.2, 0.25) is 0 Å². The van der Waals surface area contributed by atoms with E-state index in [1.165, 1.54) is 0 Å². The summed E-state index contributed by atoms with van der Waals surface area (Å²) >= 11 is 0. The van der Waals surface area contributed by atoms with E-state index in [2.05, 4.69) is 9.47 Å². The number of ether oxygens (including phenoxy) is 2. The number of hydrogen-bond acceptors (Lipinski definition) is 6. The second-order valence-electron chi connectivity index (χ2n) is 2.33. The van der Waals surface area contributed by atoms with Crippen molar-refractivity contribution in [2.75, 3.05) is 13.7 Å². The smallest absolute Gasteiger partial charge is 0.186 e. The summed E-state index contributed by atoms with van der Waals surface area (Å²) in [5, 5.41) is 37.9. The Bertz CT molecular complexity index is 327. The highest BCUT2D eigenvalue weighted by atomic mass is 16.7. The lowest BCUT2D eigenvalue weighted by molar-refractivity contribution is -0.294. The average Bonchev–Trinajstić information content (AvgIpc) is 2.13. The third-order valence-corrected chi connectivity index (χ3v) is 1.55. The summed E-state index contributed by atoms with van der Waals surface area (Å²) < 4.78 is 44.9. The Morgan fingerprint density at radius 1 is 1.38 bits per heavy atom. The van der Waals surface area contributed by atoms with Gasteiger partial charge in [-0.2, -0.15) is 0 Å². The fourth-order valence-electron chi connectivity index (χ4n) is 0.878. The molecule has 0 unspecified atom stereocenters. The lowest BCUT2D eigenvalue weighted by atomic mass is 9.99. The fraction of sp³-hybridized carbons (Fsp3) is 1.00. The van der Waals surface area contributed by atoms with E-state index in [9.17, 15) is 15.3 Å². The van der Waals surface area contributed by atoms with Crippen LogP contribution < -0.4 is 0 Å². The Morgan fingerprint density at radius 2 is 2.00 bits per heavy atom. The molecule has 78 valence electrons. The minimum atomic E-state index is -3.58. The van der Waals surface area contributed by atoms with Crippen molar-refractivity contribution in [1.29, 1.82) is 0 Å². The topological polar surface area (TPSA) is 99.4 Å². The first-order valence-electron chi connectivity index (χ1n) is 5.88. The third-order valence-electron chi connectivity index (χ3n) is 1.55. The molecule has 0 aromatic rings. The van der Waals surface area contributed by atoms with Gasteiger partial charge in [0, 0.05) is 7.11 Å². The monoisotopic (exact) mass is 199 g/mol. The third kappa shape index (κ3) is 1.98. The van der Waals surface area contributed by atoms with Gasteiger partial charge in [-0.05, 0) is 0 Å². The van der Waals surface area contributed by atoms with Crippen LogP contribution in [-0.4, -0.2) is 64.7 Å². The largest absolute Gasteiger partial charge is 0.394 e. The van der Waals surface area contributed by atoms with Gasteiger partial charge in [0.15, 0.2) is 6.29 Å². The van der Waals surface area contributed by atoms with E-state index >= 15 is 0 Å². The van der Waals surface area contributed by atoms with Crippen LogP contribution in [0.15, 0.2) is 0 Å². The van der Waals surface area contributed by atoms with Gasteiger partial charge < -0.3 is 29.9 Å². The van der Waals surface area contributed by atoms with Crippen LogP contribution in [0.4, 0.5) is 0 Å². The molecule has 4 N–H and O–H groups in total. The average molecular weight is 199 g/mol. The summed E-state index contributed by atoms with van der Waals surface area (Å²) in [4.78, 5) is 0. The highest BCUT2D eigenvalue weighted by Gasteiger charge is 2.43. The number of rotatable bonds is 2. The molecule has 0 amide bonds. The van der Waals surface area contributed by atoms with Gasteiger partial charge in [-0.3, -0.25) is 0 Å². The molecule has 0 aromatic heterocycles. The summed E-state index contributed by atoms with van der Waals surface area (Å²) in [5.41, 5.74) is 0. The van der Waals surface area contributed by atoms with E-state index in [4.69, 9.17) is 12.0 Å². The molecule has 0 spiro atoms. The van der Waals surface area contributed by atoms with Crippen molar-refractivity contribution in [3.05, 3.63) is 0 Å². The molecule has 1 fully saturated rings. The van der Waals surface area contributed by atoms with Gasteiger partial charge in [0.25, 0.3) is 0 Å². The summed E-state index contributed by atoms with van der Waals surface area (Å²) in [6.07, 6.45) is -14.8. The van der Waals surface area contributed by atoms with E-state index in [0.29, 0.717) is 0 Å². The zero-order chi connectivity index (χ0) is 14.6. The van der Waals surface area contributed by atoms with E-state index in [1.54, 1.807) is 0 Å². The minimum Gasteiger partial charge on any atom is -0.394 e. The van der Waals surface area contributed by atoms with Crippen molar-refractivity contribution in [3.63, 3.8) is 0 Å². The maximum Gasteiger partial charge on any atom is 0.186 e. The summed E-state index contributed by atoms with van der Waals surface area (Å²) in [6.45, 7) is -3.31. The number of methoxy groups -OCH3 is 1. The van der Waals surface area contributed by atoms with Crippen molar-refractivity contribution in [1.82, 2.24) is 0 Å². The zero-order valence-corrected chi connectivity index (χ0v) is 6.76. The van der Waals surface area contributed by atoms with Crippen molar-refractivity contribution in [3.8, 4) is 0 Å². The second-order valence-corrected chi connectivity index (χ2v) is 2.33. The first-order valence-corrected chi connectivity index (χ1v) is 3.38. The van der Waals surface area contributed by atoms with E-state index < -0.39 is 37.2 Å². The van der Waals surface area contributed by atoms with Gasteiger partial charge in [-0.25, -0.2) is 0 Å². The Kier molecular flexibility index (Phi) is 1.86. The molecule has 1 rings (SSSR count). The molecule has 5 atom stereocenters. The maximum atomic E-state index is 9.62. The first kappa shape index (κ1) is 5.59. The van der Waals surface area contributed by atoms with Crippen LogP contribution in [0.2, 0.25) is 0 Å². The van der Waals surface area contributed by atoms with Crippen LogP contribution in [0.5, 0.6) is 0 Å². The van der Waals surface area contributed by atoms with Gasteiger partial charge >= 0.3 is 0 Å². The highest BCUT2D eigenvalue weighted by Crippen LogP contribution is 2.20. The Balaban J connectivity index is 3.32. The quantitative estimate of drug-likeness (QED) is 0.390. The molecule has 0 aromatic carbocycles. The SMILES string of the molecule is [2H]C([2H])(O)[C@H]1O[C@H](OC)[C@]([2H])(O)[C@@]([2H])(O)[C@]1([2H])O. The van der Waals surface area contributed by atoms with Crippen molar-refractivity contribution < 1.29 is 36.8 Å². The molecular formula is C7H14O6. The highest BCUT2D eigenvalue weighted by molar-refractivity contribution is 4.88. The molecule has 1 saturated heterocycles. The standard InChI is InChI=1S/C7H14O6/c1-12-7-6(11)5(10)4(9)3(2-8)13-7/h3-11H,2H2,1H3/t3-,4-,5+,6-,7+/m1/s1/i2D2,4D,5D,6D. The molecule has 1 aliphatic heterocycles. The predicted molar refractivity (Wildman–Crippen MR) is 40.8 cm³/mol. The molecule has 0 saturated carbocycles. The molecule has 1 heterocycles. The number of aliphatic hydroxyl groups is 4. The van der Waals surface area contributed by atoms with Crippen LogP contribution in [0.1, 0.15) is 6.85 Å². The number of hydrogen-bond donors (Lipinski definition) is 4. The zero-order valence-electron chi connectivity index (χ0n) is 11.8. The second kappa shape index (κ2) is 4.32. The molecule has 1 aliphatic rings. The Labute approximate surface area is 82.4 Å². The molecule has 6 nitrogen and oxygen atoms in total. The van der Waals surface area contributed by atoms with Gasteiger partial charge in [0.1, 0.15) is 24.3 Å². The normalized spacial score (nSPS) is 70.1. The van der Waals surface area contributed by atoms with Crippen molar-refractivity contribution >= 4 is 0 Å². The summed E-state index contributed by atoms with van der Waals surface area (Å²) in [6, 6.07) is 0. The van der Waals surface area contributed by atoms with Gasteiger partial charge in [-0.15, -0.1) is 0 Å². The molecule has 6 heteroatoms. The van der Waals surface area contributed by atoms with Crippen LogP contribution >= 0.6 is 0 Å². The predicted octanol–water partition coefficient (Wildman–Crippen LogP) is -2.57. The summed E-state index contributed by atoms with van der Waals surface area (Å²) in [7, 11) is 0.929. The molecule has 0 aliphatic carbocycles. The lowest BCUT2D eigenvalue weighted by Gasteiger charge is -2.38. The summed E-state index contributed by atoms with van der Waals surface area (Å²) in [5.74, 6) is 0. The van der Waals surface area contributed by atoms with Crippen molar-refractivity contribution in [2.24, 2.45) is 0 Å². The Hall–Kier alpha value is -0.240. The van der Waals surface area contributed by atoms with E-state index in [1.807, 2.05) is 0 Å². The van der Waals surface area contributed by atoms with Gasteiger partial charge in [-0.1, -0.05) is 0 Å². The molecular weight excluding hydrogens is 180 g/mol. The van der Waals surface area contributed by atoms with Gasteiger partial charge in [0.05, 0.1) is 13.4 Å². The van der Waals surface area contributed by atoms with Crippen LogP contribution in [0.25, 0.3) is 0 Å². The van der Waals surface area contributed by atoms with Crippen LogP contribution in [-0.2, 0) is 9.47 Å². The van der Waals surface area contributed by atoms with Crippen molar-refractivity contribution in [2.45, 2.75) is 30.6 Å². The maximum absolute atomic E-state index is 9.62. The van der Waals surface area contributed by atoms with Crippen LogP contribution in [0, 0.1) is 0 Å². The fourth-order valence-corrected chi connectivity index (χ4v) is 0.878. The van der Waals surface area contributed by atoms with E-state index in [-0.39, 0.29) is 0 Å². The lowest BCUT2D eigenvalue weighted by Crippen LogP contribution is -2.58. The molecule has 0 bridgehead atoms. The Morgan fingerprint density at radius 3 is 2.46 bits per heavy atom. The first-order chi connectivity index (χ1) is 7.80.